The summed E-state index contributed by atoms with van der Waals surface area (Å²) >= 11 is 4.24. The summed E-state index contributed by atoms with van der Waals surface area (Å²) in [5, 5.41) is 0. The average molecular weight is 244 g/mol. The fourth-order valence-electron chi connectivity index (χ4n) is 2.46. The van der Waals surface area contributed by atoms with E-state index in [0.717, 1.165) is 11.8 Å². The maximum atomic E-state index is 4.24. The molecule has 16 heavy (non-hydrogen) atoms. The van der Waals surface area contributed by atoms with Crippen molar-refractivity contribution in [2.75, 3.05) is 39.5 Å². The first-order chi connectivity index (χ1) is 7.74. The third-order valence-electron chi connectivity index (χ3n) is 3.59. The molecule has 1 saturated heterocycles. The average Bonchev–Trinajstić information content (AvgIpc) is 2.29. The van der Waals surface area contributed by atoms with Crippen molar-refractivity contribution in [2.45, 2.75) is 44.6 Å². The molecule has 1 aliphatic rings. The number of likely N-dealkylation sites (tertiary alicyclic amines) is 1. The van der Waals surface area contributed by atoms with Gasteiger partial charge in [-0.25, -0.2) is 0 Å². The van der Waals surface area contributed by atoms with Crippen LogP contribution in [0.3, 0.4) is 0 Å². The van der Waals surface area contributed by atoms with Gasteiger partial charge in [0.15, 0.2) is 0 Å². The summed E-state index contributed by atoms with van der Waals surface area (Å²) in [4.78, 5) is 5.03. The largest absolute Gasteiger partial charge is 0.305 e. The molecule has 0 aromatic rings. The Kier molecular flexibility index (Phi) is 7.50. The van der Waals surface area contributed by atoms with Crippen molar-refractivity contribution in [3.05, 3.63) is 0 Å². The lowest BCUT2D eigenvalue weighted by Crippen LogP contribution is -2.45. The fourth-order valence-corrected chi connectivity index (χ4v) is 2.68. The Morgan fingerprint density at radius 1 is 1.19 bits per heavy atom. The second kappa shape index (κ2) is 8.37. The third-order valence-corrected chi connectivity index (χ3v) is 3.91. The summed E-state index contributed by atoms with van der Waals surface area (Å²) in [5.41, 5.74) is 0. The van der Waals surface area contributed by atoms with E-state index in [1.807, 2.05) is 0 Å². The van der Waals surface area contributed by atoms with Crippen molar-refractivity contribution >= 4 is 12.6 Å². The molecule has 1 heterocycles. The molecule has 3 heteroatoms. The Labute approximate surface area is 107 Å². The molecule has 0 N–H and O–H groups in total. The number of piperidine rings is 1. The summed E-state index contributed by atoms with van der Waals surface area (Å²) in [7, 11) is 4.42. The summed E-state index contributed by atoms with van der Waals surface area (Å²) in [6.07, 6.45) is 8.14. The predicted octanol–water partition coefficient (Wildman–Crippen LogP) is 2.50. The second-order valence-corrected chi connectivity index (χ2v) is 5.65. The molecule has 0 spiro atoms. The Morgan fingerprint density at radius 3 is 2.62 bits per heavy atom. The normalized spacial score (nSPS) is 22.9. The van der Waals surface area contributed by atoms with Crippen molar-refractivity contribution in [3.8, 4) is 0 Å². The lowest BCUT2D eigenvalue weighted by atomic mass is 10.0. The third kappa shape index (κ3) is 5.55. The predicted molar refractivity (Wildman–Crippen MR) is 75.5 cm³/mol. The van der Waals surface area contributed by atoms with Gasteiger partial charge in [-0.3, -0.25) is 0 Å². The molecule has 0 aromatic heterocycles. The van der Waals surface area contributed by atoms with Crippen molar-refractivity contribution in [1.29, 1.82) is 0 Å². The number of hydrogen-bond acceptors (Lipinski definition) is 3. The Morgan fingerprint density at radius 2 is 1.94 bits per heavy atom. The number of likely N-dealkylation sites (N-methyl/N-ethyl adjacent to an activating group) is 1. The van der Waals surface area contributed by atoms with Gasteiger partial charge in [-0.2, -0.15) is 12.6 Å². The van der Waals surface area contributed by atoms with Crippen molar-refractivity contribution in [3.63, 3.8) is 0 Å². The standard InChI is InChI=1S/C13H28N2S/c1-14(2)13-8-7-10-15(12-13)9-5-3-4-6-11-16/h13,16H,3-12H2,1-2H3. The van der Waals surface area contributed by atoms with Gasteiger partial charge < -0.3 is 9.80 Å². The number of unbranched alkanes of at least 4 members (excludes halogenated alkanes) is 3. The van der Waals surface area contributed by atoms with Crippen LogP contribution in [0, 0.1) is 0 Å². The second-order valence-electron chi connectivity index (χ2n) is 5.20. The van der Waals surface area contributed by atoms with Crippen LogP contribution in [0.1, 0.15) is 38.5 Å². The van der Waals surface area contributed by atoms with Gasteiger partial charge in [0.1, 0.15) is 0 Å². The van der Waals surface area contributed by atoms with E-state index in [1.54, 1.807) is 0 Å². The summed E-state index contributed by atoms with van der Waals surface area (Å²) < 4.78 is 0. The zero-order valence-corrected chi connectivity index (χ0v) is 11.9. The molecular weight excluding hydrogens is 216 g/mol. The minimum atomic E-state index is 0.784. The molecule has 0 radical (unpaired) electrons. The van der Waals surface area contributed by atoms with E-state index in [0.29, 0.717) is 0 Å². The number of thiol groups is 1. The van der Waals surface area contributed by atoms with Crippen LogP contribution in [0.4, 0.5) is 0 Å². The van der Waals surface area contributed by atoms with E-state index in [-0.39, 0.29) is 0 Å². The van der Waals surface area contributed by atoms with Crippen LogP contribution < -0.4 is 0 Å². The quantitative estimate of drug-likeness (QED) is 0.543. The lowest BCUT2D eigenvalue weighted by molar-refractivity contribution is 0.131. The molecule has 1 unspecified atom stereocenters. The van der Waals surface area contributed by atoms with E-state index >= 15 is 0 Å². The summed E-state index contributed by atoms with van der Waals surface area (Å²) in [6, 6.07) is 0.784. The first kappa shape index (κ1) is 14.3. The van der Waals surface area contributed by atoms with E-state index < -0.39 is 0 Å². The lowest BCUT2D eigenvalue weighted by Gasteiger charge is -2.36. The highest BCUT2D eigenvalue weighted by Gasteiger charge is 2.20. The summed E-state index contributed by atoms with van der Waals surface area (Å²) in [5.74, 6) is 1.05. The van der Waals surface area contributed by atoms with Crippen LogP contribution in [-0.2, 0) is 0 Å². The maximum Gasteiger partial charge on any atom is 0.0217 e. The smallest absolute Gasteiger partial charge is 0.0217 e. The van der Waals surface area contributed by atoms with Crippen molar-refractivity contribution in [2.24, 2.45) is 0 Å². The maximum absolute atomic E-state index is 4.24. The SMILES string of the molecule is CN(C)C1CCCN(CCCCCCS)C1. The minimum Gasteiger partial charge on any atom is -0.305 e. The Balaban J connectivity index is 2.07. The Hall–Kier alpha value is 0.270. The van der Waals surface area contributed by atoms with Gasteiger partial charge in [-0.05, 0) is 58.6 Å². The molecule has 1 atom stereocenters. The van der Waals surface area contributed by atoms with Crippen LogP contribution in [0.25, 0.3) is 0 Å². The van der Waals surface area contributed by atoms with Crippen molar-refractivity contribution < 1.29 is 0 Å². The molecule has 96 valence electrons. The monoisotopic (exact) mass is 244 g/mol. The van der Waals surface area contributed by atoms with Crippen molar-refractivity contribution in [1.82, 2.24) is 9.80 Å². The first-order valence-corrected chi connectivity index (χ1v) is 7.37. The first-order valence-electron chi connectivity index (χ1n) is 6.73. The van der Waals surface area contributed by atoms with Gasteiger partial charge in [0.2, 0.25) is 0 Å². The van der Waals surface area contributed by atoms with Gasteiger partial charge >= 0.3 is 0 Å². The number of rotatable bonds is 7. The molecule has 1 aliphatic heterocycles. The molecule has 0 aliphatic carbocycles. The molecular formula is C13H28N2S. The van der Waals surface area contributed by atoms with Crippen LogP contribution >= 0.6 is 12.6 Å². The van der Waals surface area contributed by atoms with E-state index in [1.165, 1.54) is 58.2 Å². The van der Waals surface area contributed by atoms with Gasteiger partial charge in [0, 0.05) is 12.6 Å². The topological polar surface area (TPSA) is 6.48 Å². The van der Waals surface area contributed by atoms with Crippen LogP contribution in [-0.4, -0.2) is 55.3 Å². The highest BCUT2D eigenvalue weighted by molar-refractivity contribution is 7.80. The summed E-state index contributed by atoms with van der Waals surface area (Å²) in [6.45, 7) is 3.90. The van der Waals surface area contributed by atoms with Gasteiger partial charge in [0.05, 0.1) is 0 Å². The zero-order valence-electron chi connectivity index (χ0n) is 11.0. The van der Waals surface area contributed by atoms with Gasteiger partial charge in [-0.15, -0.1) is 0 Å². The number of hydrogen-bond donors (Lipinski definition) is 1. The fraction of sp³-hybridized carbons (Fsp3) is 1.00. The van der Waals surface area contributed by atoms with Crippen LogP contribution in [0.15, 0.2) is 0 Å². The molecule has 0 bridgehead atoms. The minimum absolute atomic E-state index is 0.784. The molecule has 0 amide bonds. The van der Waals surface area contributed by atoms with Gasteiger partial charge in [0.25, 0.3) is 0 Å². The molecule has 1 fully saturated rings. The molecule has 0 aromatic carbocycles. The molecule has 0 saturated carbocycles. The highest BCUT2D eigenvalue weighted by Crippen LogP contribution is 2.14. The van der Waals surface area contributed by atoms with Crippen LogP contribution in [0.5, 0.6) is 0 Å². The molecule has 2 nitrogen and oxygen atoms in total. The Bertz CT molecular complexity index is 173. The highest BCUT2D eigenvalue weighted by atomic mass is 32.1. The van der Waals surface area contributed by atoms with E-state index in [9.17, 15) is 0 Å². The van der Waals surface area contributed by atoms with Gasteiger partial charge in [-0.1, -0.05) is 12.8 Å². The zero-order chi connectivity index (χ0) is 11.8. The van der Waals surface area contributed by atoms with E-state index in [4.69, 9.17) is 0 Å². The number of nitrogens with zero attached hydrogens (tertiary/aromatic N) is 2. The molecule has 1 rings (SSSR count). The van der Waals surface area contributed by atoms with E-state index in [2.05, 4.69) is 36.5 Å². The van der Waals surface area contributed by atoms with Crippen LogP contribution in [0.2, 0.25) is 0 Å².